The number of halogens is 3. The average molecular weight is 428 g/mol. The van der Waals surface area contributed by atoms with Crippen molar-refractivity contribution in [3.63, 3.8) is 0 Å². The average Bonchev–Trinajstić information content (AvgIpc) is 2.51. The molecule has 0 atom stereocenters. The molecular weight excluding hydrogens is 409 g/mol. The summed E-state index contributed by atoms with van der Waals surface area (Å²) in [7, 11) is -0.446. The molecule has 124 valence electrons. The molecule has 0 amide bonds. The quantitative estimate of drug-likeness (QED) is 0.420. The maximum atomic E-state index is 2.23. The zero-order valence-corrected chi connectivity index (χ0v) is 16.6. The molecule has 3 aromatic rings. The summed E-state index contributed by atoms with van der Waals surface area (Å²) in [6.07, 6.45) is 0. The molecule has 0 saturated heterocycles. The maximum Gasteiger partial charge on any atom is 0 e. The van der Waals surface area contributed by atoms with Crippen molar-refractivity contribution < 1.29 is 17.1 Å². The summed E-state index contributed by atoms with van der Waals surface area (Å²) in [6.45, 7) is 0. The van der Waals surface area contributed by atoms with Crippen molar-refractivity contribution >= 4 is 61.1 Å². The van der Waals surface area contributed by atoms with Crippen LogP contribution in [-0.4, -0.2) is 0 Å². The van der Waals surface area contributed by atoms with E-state index in [0.717, 1.165) is 0 Å². The van der Waals surface area contributed by atoms with Crippen LogP contribution in [0.1, 0.15) is 0 Å². The van der Waals surface area contributed by atoms with Crippen LogP contribution in [0.4, 0.5) is 0 Å². The van der Waals surface area contributed by atoms with Gasteiger partial charge >= 0.3 is 0 Å². The number of rotatable bonds is 3. The third-order valence-corrected chi connectivity index (χ3v) is 5.49. The third kappa shape index (κ3) is 6.47. The molecule has 0 aliphatic rings. The van der Waals surface area contributed by atoms with Gasteiger partial charge in [0.2, 0.25) is 0 Å². The van der Waals surface area contributed by atoms with Gasteiger partial charge in [-0.2, -0.15) is 0 Å². The van der Waals surface area contributed by atoms with Crippen molar-refractivity contribution in [1.29, 1.82) is 0 Å². The van der Waals surface area contributed by atoms with Crippen molar-refractivity contribution in [3.05, 3.63) is 91.0 Å². The molecule has 0 saturated carbocycles. The molecule has 0 fully saturated rings. The van der Waals surface area contributed by atoms with Gasteiger partial charge in [0.25, 0.3) is 0 Å². The number of hydrogen-bond acceptors (Lipinski definition) is 0. The van der Waals surface area contributed by atoms with Gasteiger partial charge < -0.3 is 0 Å². The van der Waals surface area contributed by atoms with Gasteiger partial charge in [0.15, 0.2) is 0 Å². The molecular formula is C18H18Cl3FeP. The Morgan fingerprint density at radius 1 is 0.391 bits per heavy atom. The van der Waals surface area contributed by atoms with Crippen LogP contribution in [0.25, 0.3) is 0 Å². The summed E-state index contributed by atoms with van der Waals surface area (Å²) in [5, 5.41) is 4.19. The fraction of sp³-hybridized carbons (Fsp3) is 0. The van der Waals surface area contributed by atoms with Crippen molar-refractivity contribution in [2.24, 2.45) is 0 Å². The summed E-state index contributed by atoms with van der Waals surface area (Å²) in [6, 6.07) is 32.3. The van der Waals surface area contributed by atoms with Gasteiger partial charge in [0.05, 0.1) is 0 Å². The monoisotopic (exact) mass is 426 g/mol. The summed E-state index contributed by atoms with van der Waals surface area (Å²) >= 11 is 0. The number of hydrogen-bond donors (Lipinski definition) is 0. The van der Waals surface area contributed by atoms with Crippen molar-refractivity contribution in [1.82, 2.24) is 0 Å². The fourth-order valence-corrected chi connectivity index (χ4v) is 4.48. The number of benzene rings is 3. The van der Waals surface area contributed by atoms with Crippen LogP contribution in [0, 0.1) is 0 Å². The van der Waals surface area contributed by atoms with Crippen molar-refractivity contribution in [3.8, 4) is 0 Å². The Kier molecular flexibility index (Phi) is 13.8. The molecule has 0 unspecified atom stereocenters. The molecule has 0 aromatic heterocycles. The van der Waals surface area contributed by atoms with Gasteiger partial charge in [-0.25, -0.2) is 0 Å². The largest absolute Gasteiger partial charge is 0.147 e. The van der Waals surface area contributed by atoms with Crippen LogP contribution in [-0.2, 0) is 17.1 Å². The Bertz CT molecular complexity index is 542. The van der Waals surface area contributed by atoms with Gasteiger partial charge in [-0.15, -0.1) is 37.2 Å². The van der Waals surface area contributed by atoms with Crippen LogP contribution in [0.2, 0.25) is 0 Å². The Hall–Kier alpha value is -0.521. The first-order valence-corrected chi connectivity index (χ1v) is 7.74. The van der Waals surface area contributed by atoms with Crippen LogP contribution in [0.15, 0.2) is 91.0 Å². The molecule has 0 bridgehead atoms. The summed E-state index contributed by atoms with van der Waals surface area (Å²) in [4.78, 5) is 0. The molecule has 0 aliphatic carbocycles. The van der Waals surface area contributed by atoms with E-state index in [1.54, 1.807) is 0 Å². The fourth-order valence-electron chi connectivity index (χ4n) is 2.18. The molecule has 0 spiro atoms. The van der Waals surface area contributed by atoms with E-state index in [-0.39, 0.29) is 54.3 Å². The second-order valence-corrected chi connectivity index (χ2v) is 6.56. The normalized spacial score (nSPS) is 8.74. The van der Waals surface area contributed by atoms with E-state index in [4.69, 9.17) is 0 Å². The Morgan fingerprint density at radius 3 is 0.826 bits per heavy atom. The second-order valence-electron chi connectivity index (χ2n) is 4.34. The summed E-state index contributed by atoms with van der Waals surface area (Å²) in [5.41, 5.74) is 0. The van der Waals surface area contributed by atoms with E-state index in [1.165, 1.54) is 15.9 Å². The molecule has 0 heterocycles. The Morgan fingerprint density at radius 2 is 0.609 bits per heavy atom. The minimum atomic E-state index is -0.446. The molecule has 5 heteroatoms. The van der Waals surface area contributed by atoms with E-state index < -0.39 is 7.92 Å². The molecule has 23 heavy (non-hydrogen) atoms. The molecule has 0 aliphatic heterocycles. The molecule has 0 N–H and O–H groups in total. The van der Waals surface area contributed by atoms with E-state index >= 15 is 0 Å². The van der Waals surface area contributed by atoms with Gasteiger partial charge in [0.1, 0.15) is 0 Å². The van der Waals surface area contributed by atoms with Crippen molar-refractivity contribution in [2.75, 3.05) is 0 Å². The summed E-state index contributed by atoms with van der Waals surface area (Å²) in [5.74, 6) is 0. The first-order valence-electron chi connectivity index (χ1n) is 6.40. The van der Waals surface area contributed by atoms with Gasteiger partial charge in [0, 0.05) is 17.1 Å². The van der Waals surface area contributed by atoms with Gasteiger partial charge in [-0.05, 0) is 23.8 Å². The van der Waals surface area contributed by atoms with Gasteiger partial charge in [-0.1, -0.05) is 91.0 Å². The SMILES string of the molecule is Cl.Cl.Cl.[Fe].c1ccc(P(c2ccccc2)c2ccccc2)cc1. The van der Waals surface area contributed by atoms with Crippen LogP contribution in [0.5, 0.6) is 0 Å². The Balaban J connectivity index is 0. The topological polar surface area (TPSA) is 0 Å². The minimum Gasteiger partial charge on any atom is -0.147 e. The molecule has 0 nitrogen and oxygen atoms in total. The van der Waals surface area contributed by atoms with Crippen LogP contribution >= 0.6 is 45.1 Å². The Labute approximate surface area is 168 Å². The standard InChI is InChI=1S/C18H15P.3ClH.Fe/c1-4-10-16(11-5-1)19(17-12-6-2-7-13-17)18-14-8-3-9-15-18;;;;/h1-15H;3*1H;. The zero-order chi connectivity index (χ0) is 12.9. The minimum absolute atomic E-state index is 0. The van der Waals surface area contributed by atoms with Gasteiger partial charge in [-0.3, -0.25) is 0 Å². The second kappa shape index (κ2) is 12.8. The third-order valence-electron chi connectivity index (χ3n) is 3.04. The molecule has 3 rings (SSSR count). The zero-order valence-electron chi connectivity index (χ0n) is 12.2. The van der Waals surface area contributed by atoms with E-state index in [2.05, 4.69) is 91.0 Å². The first-order chi connectivity index (χ1) is 9.45. The van der Waals surface area contributed by atoms with E-state index in [0.29, 0.717) is 0 Å². The summed E-state index contributed by atoms with van der Waals surface area (Å²) < 4.78 is 0. The predicted molar refractivity (Wildman–Crippen MR) is 107 cm³/mol. The first kappa shape index (κ1) is 24.7. The van der Waals surface area contributed by atoms with E-state index in [1.807, 2.05) is 0 Å². The van der Waals surface area contributed by atoms with Crippen LogP contribution in [0.3, 0.4) is 0 Å². The molecule has 0 radical (unpaired) electrons. The van der Waals surface area contributed by atoms with E-state index in [9.17, 15) is 0 Å². The molecule has 3 aromatic carbocycles. The smallest absolute Gasteiger partial charge is 0 e. The van der Waals surface area contributed by atoms with Crippen molar-refractivity contribution in [2.45, 2.75) is 0 Å². The maximum absolute atomic E-state index is 2.23. The van der Waals surface area contributed by atoms with Crippen LogP contribution < -0.4 is 15.9 Å². The predicted octanol–water partition coefficient (Wildman–Crippen LogP) is 4.71.